The Hall–Kier alpha value is -2.08. The zero-order valence-electron chi connectivity index (χ0n) is 11.8. The summed E-state index contributed by atoms with van der Waals surface area (Å²) in [5.41, 5.74) is 7.75. The number of fused-ring (bicyclic) bond motifs is 1. The van der Waals surface area contributed by atoms with Gasteiger partial charge in [0, 0.05) is 25.4 Å². The van der Waals surface area contributed by atoms with Crippen molar-refractivity contribution in [1.82, 2.24) is 0 Å². The molecule has 2 heterocycles. The molecule has 0 unspecified atom stereocenters. The van der Waals surface area contributed by atoms with Crippen molar-refractivity contribution in [3.63, 3.8) is 0 Å². The van der Waals surface area contributed by atoms with Gasteiger partial charge < -0.3 is 15.7 Å². The van der Waals surface area contributed by atoms with Gasteiger partial charge in [-0.1, -0.05) is 0 Å². The molecule has 6 nitrogen and oxygen atoms in total. The third-order valence-electron chi connectivity index (χ3n) is 4.35. The summed E-state index contributed by atoms with van der Waals surface area (Å²) in [4.78, 5) is 26.4. The van der Waals surface area contributed by atoms with E-state index >= 15 is 0 Å². The maximum atomic E-state index is 11.8. The molecule has 3 amide bonds. The second kappa shape index (κ2) is 5.37. The van der Waals surface area contributed by atoms with Crippen LogP contribution in [0.5, 0.6) is 0 Å². The Kier molecular flexibility index (Phi) is 3.55. The Morgan fingerprint density at radius 3 is 2.67 bits per heavy atom. The van der Waals surface area contributed by atoms with E-state index in [0.717, 1.165) is 42.1 Å². The van der Waals surface area contributed by atoms with Gasteiger partial charge in [0.25, 0.3) is 0 Å². The molecule has 2 aliphatic heterocycles. The number of amides is 3. The Morgan fingerprint density at radius 2 is 2.05 bits per heavy atom. The van der Waals surface area contributed by atoms with Crippen LogP contribution in [0.15, 0.2) is 18.2 Å². The van der Waals surface area contributed by atoms with E-state index < -0.39 is 6.03 Å². The maximum absolute atomic E-state index is 11.8. The van der Waals surface area contributed by atoms with Gasteiger partial charge in [-0.2, -0.15) is 0 Å². The van der Waals surface area contributed by atoms with Crippen LogP contribution in [0.1, 0.15) is 18.4 Å². The first-order chi connectivity index (χ1) is 10.1. The van der Waals surface area contributed by atoms with Crippen LogP contribution in [-0.2, 0) is 11.2 Å². The number of carbonyl (C=O) groups excluding carboxylic acids is 2. The molecule has 0 atom stereocenters. The summed E-state index contributed by atoms with van der Waals surface area (Å²) in [5, 5.41) is 9.18. The highest BCUT2D eigenvalue weighted by atomic mass is 16.3. The van der Waals surface area contributed by atoms with Gasteiger partial charge in [-0.15, -0.1) is 0 Å². The number of nitrogens with zero attached hydrogens (tertiary/aromatic N) is 2. The monoisotopic (exact) mass is 289 g/mol. The first-order valence-electron chi connectivity index (χ1n) is 7.21. The molecule has 1 aromatic rings. The number of carbonyl (C=O) groups is 2. The van der Waals surface area contributed by atoms with Crippen molar-refractivity contribution >= 4 is 23.3 Å². The second-order valence-corrected chi connectivity index (χ2v) is 5.67. The minimum atomic E-state index is -0.727. The van der Waals surface area contributed by atoms with E-state index in [1.54, 1.807) is 6.07 Å². The summed E-state index contributed by atoms with van der Waals surface area (Å²) in [6, 6.07) is 4.95. The number of nitrogens with two attached hydrogens (primary N) is 1. The highest BCUT2D eigenvalue weighted by Gasteiger charge is 2.31. The molecular weight excluding hydrogens is 270 g/mol. The van der Waals surface area contributed by atoms with Gasteiger partial charge in [0.05, 0.1) is 12.1 Å². The van der Waals surface area contributed by atoms with Crippen molar-refractivity contribution in [1.29, 1.82) is 0 Å². The van der Waals surface area contributed by atoms with E-state index in [1.165, 1.54) is 0 Å². The molecule has 0 radical (unpaired) electrons. The first-order valence-corrected chi connectivity index (χ1v) is 7.21. The maximum Gasteiger partial charge on any atom is 0.326 e. The molecule has 0 aliphatic carbocycles. The highest BCUT2D eigenvalue weighted by molar-refractivity contribution is 6.18. The topological polar surface area (TPSA) is 86.9 Å². The lowest BCUT2D eigenvalue weighted by molar-refractivity contribution is -0.116. The van der Waals surface area contributed by atoms with Crippen LogP contribution in [0, 0.1) is 5.92 Å². The number of aliphatic hydroxyl groups is 1. The van der Waals surface area contributed by atoms with Gasteiger partial charge in [0.15, 0.2) is 0 Å². The Balaban J connectivity index is 1.80. The molecule has 112 valence electrons. The lowest BCUT2D eigenvalue weighted by Crippen LogP contribution is -2.38. The normalized spacial score (nSPS) is 19.0. The summed E-state index contributed by atoms with van der Waals surface area (Å²) in [6.07, 6.45) is 2.17. The summed E-state index contributed by atoms with van der Waals surface area (Å²) >= 11 is 0. The van der Waals surface area contributed by atoms with Crippen molar-refractivity contribution in [3.8, 4) is 0 Å². The number of rotatable bonds is 2. The summed E-state index contributed by atoms with van der Waals surface area (Å²) in [5.74, 6) is 0.122. The van der Waals surface area contributed by atoms with Gasteiger partial charge in [-0.05, 0) is 42.5 Å². The fourth-order valence-electron chi connectivity index (χ4n) is 3.12. The number of imide groups is 1. The molecule has 2 aliphatic rings. The molecule has 3 rings (SSSR count). The standard InChI is InChI=1S/C15H19N3O3/c16-15(21)18-13-2-1-12(7-11(13)8-14(18)20)17-5-3-10(9-19)4-6-17/h1-2,7,10,19H,3-6,8-9H2,(H2,16,21). The molecule has 6 heteroatoms. The van der Waals surface area contributed by atoms with Crippen molar-refractivity contribution in [2.75, 3.05) is 29.5 Å². The molecule has 0 saturated carbocycles. The lowest BCUT2D eigenvalue weighted by Gasteiger charge is -2.33. The predicted octanol–water partition coefficient (Wildman–Crippen LogP) is 0.863. The minimum absolute atomic E-state index is 0.221. The number of urea groups is 1. The van der Waals surface area contributed by atoms with Gasteiger partial charge in [0.2, 0.25) is 5.91 Å². The molecule has 0 spiro atoms. The third kappa shape index (κ3) is 2.47. The number of benzene rings is 1. The number of piperidine rings is 1. The van der Waals surface area contributed by atoms with Crippen LogP contribution in [0.2, 0.25) is 0 Å². The van der Waals surface area contributed by atoms with Crippen LogP contribution in [0.25, 0.3) is 0 Å². The molecule has 1 saturated heterocycles. The fourth-order valence-corrected chi connectivity index (χ4v) is 3.12. The molecule has 1 fully saturated rings. The van der Waals surface area contributed by atoms with Crippen molar-refractivity contribution < 1.29 is 14.7 Å². The van der Waals surface area contributed by atoms with E-state index in [-0.39, 0.29) is 18.9 Å². The highest BCUT2D eigenvalue weighted by Crippen LogP contribution is 2.33. The molecule has 0 aromatic heterocycles. The Bertz CT molecular complexity index is 580. The fraction of sp³-hybridized carbons (Fsp3) is 0.467. The zero-order valence-corrected chi connectivity index (χ0v) is 11.8. The quantitative estimate of drug-likeness (QED) is 0.845. The number of anilines is 2. The van der Waals surface area contributed by atoms with Crippen molar-refractivity contribution in [3.05, 3.63) is 23.8 Å². The van der Waals surface area contributed by atoms with Crippen LogP contribution in [0.4, 0.5) is 16.2 Å². The van der Waals surface area contributed by atoms with Gasteiger partial charge in [-0.3, -0.25) is 4.79 Å². The molecule has 1 aromatic carbocycles. The summed E-state index contributed by atoms with van der Waals surface area (Å²) in [7, 11) is 0. The smallest absolute Gasteiger partial charge is 0.326 e. The van der Waals surface area contributed by atoms with Crippen LogP contribution < -0.4 is 15.5 Å². The van der Waals surface area contributed by atoms with E-state index in [4.69, 9.17) is 5.73 Å². The molecular formula is C15H19N3O3. The van der Waals surface area contributed by atoms with Crippen LogP contribution in [-0.4, -0.2) is 36.7 Å². The number of hydrogen-bond donors (Lipinski definition) is 2. The zero-order chi connectivity index (χ0) is 15.0. The predicted molar refractivity (Wildman–Crippen MR) is 79.2 cm³/mol. The number of aliphatic hydroxyl groups excluding tert-OH is 1. The summed E-state index contributed by atoms with van der Waals surface area (Å²) < 4.78 is 0. The van der Waals surface area contributed by atoms with E-state index in [2.05, 4.69) is 4.90 Å². The first kappa shape index (κ1) is 13.9. The SMILES string of the molecule is NC(=O)N1C(=O)Cc2cc(N3CCC(CO)CC3)ccc21. The Labute approximate surface area is 123 Å². The van der Waals surface area contributed by atoms with E-state index in [0.29, 0.717) is 11.6 Å². The molecule has 0 bridgehead atoms. The van der Waals surface area contributed by atoms with Crippen molar-refractivity contribution in [2.24, 2.45) is 11.7 Å². The largest absolute Gasteiger partial charge is 0.396 e. The lowest BCUT2D eigenvalue weighted by atomic mass is 9.97. The number of primary amides is 1. The van der Waals surface area contributed by atoms with Gasteiger partial charge in [0.1, 0.15) is 0 Å². The average molecular weight is 289 g/mol. The van der Waals surface area contributed by atoms with Crippen LogP contribution in [0.3, 0.4) is 0 Å². The average Bonchev–Trinajstić information content (AvgIpc) is 2.82. The van der Waals surface area contributed by atoms with Gasteiger partial charge in [-0.25, -0.2) is 9.69 Å². The molecule has 3 N–H and O–H groups in total. The molecule has 21 heavy (non-hydrogen) atoms. The van der Waals surface area contributed by atoms with E-state index in [9.17, 15) is 14.7 Å². The second-order valence-electron chi connectivity index (χ2n) is 5.67. The van der Waals surface area contributed by atoms with Gasteiger partial charge >= 0.3 is 6.03 Å². The Morgan fingerprint density at radius 1 is 1.33 bits per heavy atom. The third-order valence-corrected chi connectivity index (χ3v) is 4.35. The summed E-state index contributed by atoms with van der Waals surface area (Å²) in [6.45, 7) is 2.05. The van der Waals surface area contributed by atoms with Crippen molar-refractivity contribution in [2.45, 2.75) is 19.3 Å². The van der Waals surface area contributed by atoms with E-state index in [1.807, 2.05) is 12.1 Å². The number of hydrogen-bond acceptors (Lipinski definition) is 4. The van der Waals surface area contributed by atoms with Crippen LogP contribution >= 0.6 is 0 Å². The minimum Gasteiger partial charge on any atom is -0.396 e.